The predicted molar refractivity (Wildman–Crippen MR) is 49.8 cm³/mol. The number of pyridine rings is 1. The SMILES string of the molecule is CCOC(=O)c1cc(C#N)c(F)c(C(F)F)n1. The van der Waals surface area contributed by atoms with E-state index < -0.39 is 35.2 Å². The lowest BCUT2D eigenvalue weighted by molar-refractivity contribution is 0.0517. The quantitative estimate of drug-likeness (QED) is 0.764. The fourth-order valence-electron chi connectivity index (χ4n) is 1.08. The number of hydrogen-bond acceptors (Lipinski definition) is 4. The van der Waals surface area contributed by atoms with Crippen molar-refractivity contribution in [3.8, 4) is 6.07 Å². The summed E-state index contributed by atoms with van der Waals surface area (Å²) in [6, 6.07) is 2.15. The molecule has 0 radical (unpaired) electrons. The third-order valence-corrected chi connectivity index (χ3v) is 1.80. The summed E-state index contributed by atoms with van der Waals surface area (Å²) in [5.41, 5.74) is -2.41. The Balaban J connectivity index is 3.31. The second-order valence-corrected chi connectivity index (χ2v) is 2.89. The molecule has 0 saturated heterocycles. The number of aromatic nitrogens is 1. The Labute approximate surface area is 94.6 Å². The van der Waals surface area contributed by atoms with E-state index >= 15 is 0 Å². The van der Waals surface area contributed by atoms with Gasteiger partial charge in [-0.15, -0.1) is 0 Å². The Morgan fingerprint density at radius 3 is 2.76 bits per heavy atom. The van der Waals surface area contributed by atoms with E-state index in [0.717, 1.165) is 6.07 Å². The lowest BCUT2D eigenvalue weighted by Gasteiger charge is -2.06. The molecule has 0 spiro atoms. The number of hydrogen-bond donors (Lipinski definition) is 0. The van der Waals surface area contributed by atoms with Crippen LogP contribution in [0.5, 0.6) is 0 Å². The van der Waals surface area contributed by atoms with Gasteiger partial charge in [0, 0.05) is 0 Å². The van der Waals surface area contributed by atoms with E-state index in [9.17, 15) is 18.0 Å². The maximum absolute atomic E-state index is 13.2. The topological polar surface area (TPSA) is 63.0 Å². The molecule has 17 heavy (non-hydrogen) atoms. The van der Waals surface area contributed by atoms with Crippen molar-refractivity contribution in [1.29, 1.82) is 5.26 Å². The van der Waals surface area contributed by atoms with Gasteiger partial charge in [0.25, 0.3) is 6.43 Å². The molecule has 7 heteroatoms. The first-order chi connectivity index (χ1) is 8.01. The molecule has 1 heterocycles. The van der Waals surface area contributed by atoms with Crippen LogP contribution in [-0.4, -0.2) is 17.6 Å². The van der Waals surface area contributed by atoms with E-state index in [0.29, 0.717) is 0 Å². The van der Waals surface area contributed by atoms with Gasteiger partial charge in [-0.05, 0) is 13.0 Å². The van der Waals surface area contributed by atoms with Gasteiger partial charge in [0.15, 0.2) is 5.82 Å². The van der Waals surface area contributed by atoms with Crippen LogP contribution < -0.4 is 0 Å². The Morgan fingerprint density at radius 2 is 2.29 bits per heavy atom. The van der Waals surface area contributed by atoms with E-state index in [4.69, 9.17) is 5.26 Å². The van der Waals surface area contributed by atoms with E-state index in [-0.39, 0.29) is 6.61 Å². The number of ether oxygens (including phenoxy) is 1. The van der Waals surface area contributed by atoms with Crippen molar-refractivity contribution >= 4 is 5.97 Å². The molecular formula is C10H7F3N2O2. The van der Waals surface area contributed by atoms with Crippen molar-refractivity contribution in [2.75, 3.05) is 6.61 Å². The monoisotopic (exact) mass is 244 g/mol. The molecule has 1 rings (SSSR count). The molecule has 0 amide bonds. The molecule has 0 saturated carbocycles. The molecule has 1 aromatic rings. The van der Waals surface area contributed by atoms with Gasteiger partial charge >= 0.3 is 5.97 Å². The van der Waals surface area contributed by atoms with Gasteiger partial charge < -0.3 is 4.74 Å². The molecule has 0 fully saturated rings. The number of carbonyl (C=O) groups excluding carboxylic acids is 1. The second kappa shape index (κ2) is 5.30. The highest BCUT2D eigenvalue weighted by atomic mass is 19.3. The standard InChI is InChI=1S/C10H7F3N2O2/c1-2-17-10(16)6-3-5(4-14)7(11)8(15-6)9(12)13/h3,9H,2H2,1H3. The zero-order valence-corrected chi connectivity index (χ0v) is 8.71. The van der Waals surface area contributed by atoms with Crippen LogP contribution in [-0.2, 0) is 4.74 Å². The molecule has 0 aromatic carbocycles. The molecule has 0 unspecified atom stereocenters. The second-order valence-electron chi connectivity index (χ2n) is 2.89. The Morgan fingerprint density at radius 1 is 1.65 bits per heavy atom. The van der Waals surface area contributed by atoms with Crippen LogP contribution in [0.2, 0.25) is 0 Å². The number of nitrogens with zero attached hydrogens (tertiary/aromatic N) is 2. The van der Waals surface area contributed by atoms with Crippen molar-refractivity contribution in [3.05, 3.63) is 28.8 Å². The van der Waals surface area contributed by atoms with Crippen molar-refractivity contribution in [2.45, 2.75) is 13.3 Å². The van der Waals surface area contributed by atoms with Gasteiger partial charge in [0.2, 0.25) is 0 Å². The number of rotatable bonds is 3. The minimum absolute atomic E-state index is 0.0176. The Bertz CT molecular complexity index is 483. The van der Waals surface area contributed by atoms with Gasteiger partial charge in [0.1, 0.15) is 17.5 Å². The van der Waals surface area contributed by atoms with Crippen LogP contribution in [0.4, 0.5) is 13.2 Å². The summed E-state index contributed by atoms with van der Waals surface area (Å²) >= 11 is 0. The zero-order chi connectivity index (χ0) is 13.0. The zero-order valence-electron chi connectivity index (χ0n) is 8.71. The molecule has 0 aliphatic carbocycles. The highest BCUT2D eigenvalue weighted by Crippen LogP contribution is 2.23. The molecule has 90 valence electrons. The summed E-state index contributed by atoms with van der Waals surface area (Å²) in [6.07, 6.45) is -3.21. The van der Waals surface area contributed by atoms with E-state index in [1.165, 1.54) is 13.0 Å². The summed E-state index contributed by atoms with van der Waals surface area (Å²) in [7, 11) is 0. The summed E-state index contributed by atoms with van der Waals surface area (Å²) in [5.74, 6) is -2.40. The predicted octanol–water partition coefficient (Wildman–Crippen LogP) is 2.21. The first-order valence-electron chi connectivity index (χ1n) is 4.57. The van der Waals surface area contributed by atoms with E-state index in [2.05, 4.69) is 9.72 Å². The first kappa shape index (κ1) is 13.0. The summed E-state index contributed by atoms with van der Waals surface area (Å²) < 4.78 is 42.6. The largest absolute Gasteiger partial charge is 0.461 e. The maximum atomic E-state index is 13.2. The average molecular weight is 244 g/mol. The minimum Gasteiger partial charge on any atom is -0.461 e. The number of alkyl halides is 2. The smallest absolute Gasteiger partial charge is 0.356 e. The molecule has 0 atom stereocenters. The molecule has 0 N–H and O–H groups in total. The molecule has 1 aromatic heterocycles. The van der Waals surface area contributed by atoms with Crippen LogP contribution in [0.25, 0.3) is 0 Å². The maximum Gasteiger partial charge on any atom is 0.356 e. The number of esters is 1. The molecular weight excluding hydrogens is 237 g/mol. The summed E-state index contributed by atoms with van der Waals surface area (Å²) in [4.78, 5) is 14.4. The summed E-state index contributed by atoms with van der Waals surface area (Å²) in [6.45, 7) is 1.53. The Kier molecular flexibility index (Phi) is 4.04. The van der Waals surface area contributed by atoms with Crippen molar-refractivity contribution in [3.63, 3.8) is 0 Å². The normalized spacial score (nSPS) is 10.1. The molecule has 0 bridgehead atoms. The van der Waals surface area contributed by atoms with Crippen LogP contribution >= 0.6 is 0 Å². The summed E-state index contributed by atoms with van der Waals surface area (Å²) in [5, 5.41) is 8.55. The van der Waals surface area contributed by atoms with Gasteiger partial charge in [0.05, 0.1) is 12.2 Å². The highest BCUT2D eigenvalue weighted by molar-refractivity contribution is 5.87. The van der Waals surface area contributed by atoms with Crippen LogP contribution in [0.1, 0.15) is 35.1 Å². The lowest BCUT2D eigenvalue weighted by atomic mass is 10.2. The van der Waals surface area contributed by atoms with Crippen LogP contribution in [0.3, 0.4) is 0 Å². The highest BCUT2D eigenvalue weighted by Gasteiger charge is 2.22. The average Bonchev–Trinajstić information content (AvgIpc) is 2.29. The van der Waals surface area contributed by atoms with E-state index in [1.54, 1.807) is 0 Å². The minimum atomic E-state index is -3.21. The van der Waals surface area contributed by atoms with Crippen LogP contribution in [0.15, 0.2) is 6.07 Å². The fraction of sp³-hybridized carbons (Fsp3) is 0.300. The van der Waals surface area contributed by atoms with Crippen molar-refractivity contribution < 1.29 is 22.7 Å². The number of carbonyl (C=O) groups is 1. The fourth-order valence-corrected chi connectivity index (χ4v) is 1.08. The van der Waals surface area contributed by atoms with Crippen LogP contribution in [0, 0.1) is 17.1 Å². The van der Waals surface area contributed by atoms with E-state index in [1.807, 2.05) is 0 Å². The number of nitriles is 1. The molecule has 0 aliphatic rings. The third-order valence-electron chi connectivity index (χ3n) is 1.80. The lowest BCUT2D eigenvalue weighted by Crippen LogP contribution is -2.11. The van der Waals surface area contributed by atoms with Crippen molar-refractivity contribution in [2.24, 2.45) is 0 Å². The van der Waals surface area contributed by atoms with Gasteiger partial charge in [-0.2, -0.15) is 5.26 Å². The van der Waals surface area contributed by atoms with Gasteiger partial charge in [-0.3, -0.25) is 0 Å². The number of halogens is 3. The first-order valence-corrected chi connectivity index (χ1v) is 4.57. The Hall–Kier alpha value is -2.10. The molecule has 4 nitrogen and oxygen atoms in total. The van der Waals surface area contributed by atoms with Gasteiger partial charge in [-0.1, -0.05) is 0 Å². The molecule has 0 aliphatic heterocycles. The van der Waals surface area contributed by atoms with Gasteiger partial charge in [-0.25, -0.2) is 22.9 Å². The van der Waals surface area contributed by atoms with Crippen molar-refractivity contribution in [1.82, 2.24) is 4.98 Å². The third kappa shape index (κ3) is 2.72.